The number of nitrogens with one attached hydrogen (secondary N) is 1. The zero-order valence-corrected chi connectivity index (χ0v) is 10.6. The van der Waals surface area contributed by atoms with E-state index in [4.69, 9.17) is 11.6 Å². The van der Waals surface area contributed by atoms with Gasteiger partial charge in [0.05, 0.1) is 0 Å². The fraction of sp³-hybridized carbons (Fsp3) is 0.500. The molecule has 0 saturated heterocycles. The molecule has 1 rings (SSSR count). The molecule has 3 nitrogen and oxygen atoms in total. The Morgan fingerprint density at radius 3 is 2.81 bits per heavy atom. The van der Waals surface area contributed by atoms with Gasteiger partial charge in [0.15, 0.2) is 0 Å². The normalized spacial score (nSPS) is 11.2. The molecule has 0 unspecified atom stereocenters. The number of amides is 1. The predicted octanol–water partition coefficient (Wildman–Crippen LogP) is 2.38. The molecule has 4 heteroatoms. The van der Waals surface area contributed by atoms with E-state index in [9.17, 15) is 4.79 Å². The third-order valence-corrected chi connectivity index (χ3v) is 2.97. The van der Waals surface area contributed by atoms with E-state index in [2.05, 4.69) is 10.3 Å². The number of halogens is 1. The van der Waals surface area contributed by atoms with Crippen molar-refractivity contribution in [2.75, 3.05) is 12.4 Å². The first-order chi connectivity index (χ1) is 7.44. The maximum absolute atomic E-state index is 11.8. The summed E-state index contributed by atoms with van der Waals surface area (Å²) in [5.74, 6) is 0.437. The molecule has 1 aromatic heterocycles. The molecule has 0 radical (unpaired) electrons. The lowest BCUT2D eigenvalue weighted by Gasteiger charge is -2.21. The van der Waals surface area contributed by atoms with Crippen molar-refractivity contribution in [3.63, 3.8) is 0 Å². The average molecular weight is 241 g/mol. The van der Waals surface area contributed by atoms with E-state index in [-0.39, 0.29) is 11.3 Å². The summed E-state index contributed by atoms with van der Waals surface area (Å²) in [7, 11) is 0. The van der Waals surface area contributed by atoms with Crippen molar-refractivity contribution in [3.8, 4) is 0 Å². The number of aryl methyl sites for hydroxylation is 1. The lowest BCUT2D eigenvalue weighted by molar-refractivity contribution is 0.0939. The van der Waals surface area contributed by atoms with Crippen LogP contribution < -0.4 is 5.32 Å². The van der Waals surface area contributed by atoms with Gasteiger partial charge in [-0.25, -0.2) is 0 Å². The van der Waals surface area contributed by atoms with Crippen molar-refractivity contribution < 1.29 is 4.79 Å². The minimum Gasteiger partial charge on any atom is -0.351 e. The summed E-state index contributed by atoms with van der Waals surface area (Å²) in [6, 6.07) is 3.47. The minimum atomic E-state index is -0.0840. The second-order valence-electron chi connectivity index (χ2n) is 4.67. The fourth-order valence-electron chi connectivity index (χ4n) is 1.16. The Labute approximate surface area is 101 Å². The molecule has 0 bridgehead atoms. The number of carbonyl (C=O) groups is 1. The van der Waals surface area contributed by atoms with Crippen LogP contribution in [-0.4, -0.2) is 23.3 Å². The number of hydrogen-bond acceptors (Lipinski definition) is 2. The van der Waals surface area contributed by atoms with Gasteiger partial charge in [0.2, 0.25) is 0 Å². The van der Waals surface area contributed by atoms with Crippen LogP contribution in [0.4, 0.5) is 0 Å². The second kappa shape index (κ2) is 5.30. The molecule has 0 aliphatic rings. The first-order valence-electron chi connectivity index (χ1n) is 5.21. The third kappa shape index (κ3) is 3.81. The second-order valence-corrected chi connectivity index (χ2v) is 4.93. The maximum atomic E-state index is 11.8. The molecule has 1 heterocycles. The first-order valence-corrected chi connectivity index (χ1v) is 5.75. The van der Waals surface area contributed by atoms with Crippen molar-refractivity contribution in [1.82, 2.24) is 10.3 Å². The Hall–Kier alpha value is -1.09. The number of rotatable bonds is 4. The van der Waals surface area contributed by atoms with Crippen LogP contribution in [-0.2, 0) is 0 Å². The molecule has 0 aliphatic carbocycles. The predicted molar refractivity (Wildman–Crippen MR) is 65.8 cm³/mol. The van der Waals surface area contributed by atoms with Crippen molar-refractivity contribution in [2.24, 2.45) is 5.41 Å². The number of hydrogen-bond donors (Lipinski definition) is 1. The molecule has 0 saturated carbocycles. The van der Waals surface area contributed by atoms with E-state index >= 15 is 0 Å². The van der Waals surface area contributed by atoms with Crippen LogP contribution in [0.3, 0.4) is 0 Å². The Bertz CT molecular complexity index is 377. The molecule has 16 heavy (non-hydrogen) atoms. The molecule has 0 atom stereocenters. The number of aromatic nitrogens is 1. The van der Waals surface area contributed by atoms with Gasteiger partial charge in [-0.1, -0.05) is 13.8 Å². The minimum absolute atomic E-state index is 0.0799. The van der Waals surface area contributed by atoms with Crippen LogP contribution in [0.1, 0.15) is 29.9 Å². The van der Waals surface area contributed by atoms with E-state index in [1.807, 2.05) is 20.8 Å². The van der Waals surface area contributed by atoms with Gasteiger partial charge >= 0.3 is 0 Å². The molecular weight excluding hydrogens is 224 g/mol. The average Bonchev–Trinajstić information content (AvgIpc) is 2.26. The Morgan fingerprint density at radius 1 is 1.56 bits per heavy atom. The fourth-order valence-corrected chi connectivity index (χ4v) is 1.25. The summed E-state index contributed by atoms with van der Waals surface area (Å²) in [5.41, 5.74) is 1.39. The van der Waals surface area contributed by atoms with E-state index in [0.29, 0.717) is 18.0 Å². The van der Waals surface area contributed by atoms with Crippen LogP contribution in [0, 0.1) is 12.3 Å². The monoisotopic (exact) mass is 240 g/mol. The molecule has 1 N–H and O–H groups in total. The third-order valence-electron chi connectivity index (χ3n) is 2.25. The zero-order chi connectivity index (χ0) is 12.2. The molecule has 0 fully saturated rings. The highest BCUT2D eigenvalue weighted by molar-refractivity contribution is 6.18. The number of pyridine rings is 1. The van der Waals surface area contributed by atoms with Crippen LogP contribution in [0.15, 0.2) is 18.3 Å². The van der Waals surface area contributed by atoms with Gasteiger partial charge in [0.1, 0.15) is 0 Å². The standard InChI is InChI=1S/C12H17ClN2O/c1-9-6-10(4-5-14-9)11(16)15-8-12(2,3)7-13/h4-6H,7-8H2,1-3H3,(H,15,16). The zero-order valence-electron chi connectivity index (χ0n) is 9.88. The van der Waals surface area contributed by atoms with E-state index in [1.165, 1.54) is 0 Å². The molecule has 0 aromatic carbocycles. The maximum Gasteiger partial charge on any atom is 0.251 e. The van der Waals surface area contributed by atoms with Gasteiger partial charge in [-0.3, -0.25) is 9.78 Å². The Balaban J connectivity index is 2.60. The molecule has 88 valence electrons. The summed E-state index contributed by atoms with van der Waals surface area (Å²) >= 11 is 5.79. The van der Waals surface area contributed by atoms with Crippen LogP contribution >= 0.6 is 11.6 Å². The lowest BCUT2D eigenvalue weighted by atomic mass is 9.96. The van der Waals surface area contributed by atoms with Gasteiger partial charge in [-0.05, 0) is 24.5 Å². The summed E-state index contributed by atoms with van der Waals surface area (Å²) in [5, 5.41) is 2.87. The van der Waals surface area contributed by atoms with Crippen LogP contribution in [0.25, 0.3) is 0 Å². The van der Waals surface area contributed by atoms with E-state index in [1.54, 1.807) is 18.3 Å². The van der Waals surface area contributed by atoms with Gasteiger partial charge in [-0.15, -0.1) is 11.6 Å². The number of nitrogens with zero attached hydrogens (tertiary/aromatic N) is 1. The number of carbonyl (C=O) groups excluding carboxylic acids is 1. The number of alkyl halides is 1. The van der Waals surface area contributed by atoms with Gasteiger partial charge in [0, 0.05) is 29.9 Å². The topological polar surface area (TPSA) is 42.0 Å². The molecule has 0 aliphatic heterocycles. The highest BCUT2D eigenvalue weighted by Crippen LogP contribution is 2.15. The van der Waals surface area contributed by atoms with E-state index in [0.717, 1.165) is 5.69 Å². The van der Waals surface area contributed by atoms with Crippen LogP contribution in [0.5, 0.6) is 0 Å². The van der Waals surface area contributed by atoms with Gasteiger partial charge < -0.3 is 5.32 Å². The molecule has 0 spiro atoms. The lowest BCUT2D eigenvalue weighted by Crippen LogP contribution is -2.35. The van der Waals surface area contributed by atoms with Crippen molar-refractivity contribution in [1.29, 1.82) is 0 Å². The smallest absolute Gasteiger partial charge is 0.251 e. The van der Waals surface area contributed by atoms with Gasteiger partial charge in [0.25, 0.3) is 5.91 Å². The largest absolute Gasteiger partial charge is 0.351 e. The van der Waals surface area contributed by atoms with Crippen molar-refractivity contribution in [2.45, 2.75) is 20.8 Å². The Morgan fingerprint density at radius 2 is 2.25 bits per heavy atom. The molecule has 1 amide bonds. The summed E-state index contributed by atoms with van der Waals surface area (Å²) in [6.45, 7) is 6.45. The van der Waals surface area contributed by atoms with Crippen molar-refractivity contribution in [3.05, 3.63) is 29.6 Å². The first kappa shape index (κ1) is 13.0. The summed E-state index contributed by atoms with van der Waals surface area (Å²) in [4.78, 5) is 15.8. The molecular formula is C12H17ClN2O. The highest BCUT2D eigenvalue weighted by Gasteiger charge is 2.17. The highest BCUT2D eigenvalue weighted by atomic mass is 35.5. The summed E-state index contributed by atoms with van der Waals surface area (Å²) in [6.07, 6.45) is 1.64. The quantitative estimate of drug-likeness (QED) is 0.822. The van der Waals surface area contributed by atoms with E-state index < -0.39 is 0 Å². The van der Waals surface area contributed by atoms with Crippen molar-refractivity contribution >= 4 is 17.5 Å². The molecule has 1 aromatic rings. The van der Waals surface area contributed by atoms with Gasteiger partial charge in [-0.2, -0.15) is 0 Å². The van der Waals surface area contributed by atoms with Crippen LogP contribution in [0.2, 0.25) is 0 Å². The SMILES string of the molecule is Cc1cc(C(=O)NCC(C)(C)CCl)ccn1. The summed E-state index contributed by atoms with van der Waals surface area (Å²) < 4.78 is 0. The Kier molecular flexibility index (Phi) is 4.30.